The number of aromatic nitrogens is 2. The molecule has 0 saturated heterocycles. The van der Waals surface area contributed by atoms with E-state index in [0.29, 0.717) is 0 Å². The zero-order valence-electron chi connectivity index (χ0n) is 7.03. The minimum atomic E-state index is 0.769. The van der Waals surface area contributed by atoms with E-state index in [2.05, 4.69) is 16.0 Å². The molecule has 0 spiro atoms. The van der Waals surface area contributed by atoms with Crippen molar-refractivity contribution in [2.45, 2.75) is 37.5 Å². The molecule has 2 fully saturated rings. The maximum atomic E-state index is 4.30. The molecule has 0 aliphatic heterocycles. The van der Waals surface area contributed by atoms with Crippen molar-refractivity contribution in [3.63, 3.8) is 0 Å². The van der Waals surface area contributed by atoms with E-state index in [9.17, 15) is 0 Å². The van der Waals surface area contributed by atoms with Gasteiger partial charge in [0.25, 0.3) is 0 Å². The lowest BCUT2D eigenvalue weighted by molar-refractivity contribution is 0.922. The summed E-state index contributed by atoms with van der Waals surface area (Å²) < 4.78 is 0. The predicted octanol–water partition coefficient (Wildman–Crippen LogP) is 2.23. The van der Waals surface area contributed by atoms with Crippen LogP contribution in [-0.2, 0) is 0 Å². The minimum Gasteiger partial charge on any atom is -0.241 e. The van der Waals surface area contributed by atoms with Crippen LogP contribution in [0.1, 0.15) is 48.9 Å². The van der Waals surface area contributed by atoms with Crippen LogP contribution in [0, 0.1) is 0 Å². The molecule has 62 valence electrons. The van der Waals surface area contributed by atoms with Crippen LogP contribution in [0.2, 0.25) is 0 Å². The third kappa shape index (κ3) is 1.11. The van der Waals surface area contributed by atoms with Gasteiger partial charge in [0.15, 0.2) is 0 Å². The van der Waals surface area contributed by atoms with E-state index >= 15 is 0 Å². The molecule has 3 rings (SSSR count). The van der Waals surface area contributed by atoms with Crippen LogP contribution in [0.4, 0.5) is 0 Å². The highest BCUT2D eigenvalue weighted by Gasteiger charge is 2.29. The Hall–Kier alpha value is -0.920. The van der Waals surface area contributed by atoms with Crippen molar-refractivity contribution in [3.8, 4) is 0 Å². The molecular formula is C10H12N2. The van der Waals surface area contributed by atoms with Crippen molar-refractivity contribution in [1.29, 1.82) is 0 Å². The maximum Gasteiger partial charge on any atom is 0.115 e. The first-order chi connectivity index (χ1) is 5.93. The van der Waals surface area contributed by atoms with Crippen molar-refractivity contribution in [2.75, 3.05) is 0 Å². The summed E-state index contributed by atoms with van der Waals surface area (Å²) in [5.74, 6) is 1.54. The molecule has 2 nitrogen and oxygen atoms in total. The Kier molecular flexibility index (Phi) is 1.25. The van der Waals surface area contributed by atoms with Crippen molar-refractivity contribution in [3.05, 3.63) is 23.8 Å². The van der Waals surface area contributed by atoms with Gasteiger partial charge in [-0.15, -0.1) is 0 Å². The lowest BCUT2D eigenvalue weighted by Crippen LogP contribution is -1.92. The molecule has 1 aromatic rings. The molecular weight excluding hydrogens is 148 g/mol. The van der Waals surface area contributed by atoms with Gasteiger partial charge in [0.05, 0.1) is 0 Å². The van der Waals surface area contributed by atoms with Crippen LogP contribution in [0.5, 0.6) is 0 Å². The molecule has 0 radical (unpaired) electrons. The number of hydrogen-bond donors (Lipinski definition) is 0. The van der Waals surface area contributed by atoms with Crippen LogP contribution < -0.4 is 0 Å². The Balaban J connectivity index is 1.93. The molecule has 2 heteroatoms. The van der Waals surface area contributed by atoms with Gasteiger partial charge in [-0.05, 0) is 31.7 Å². The summed E-state index contributed by atoms with van der Waals surface area (Å²) in [5.41, 5.74) is 2.57. The van der Waals surface area contributed by atoms with Gasteiger partial charge < -0.3 is 0 Å². The monoisotopic (exact) mass is 160 g/mol. The van der Waals surface area contributed by atoms with Gasteiger partial charge in [0.2, 0.25) is 0 Å². The fraction of sp³-hybridized carbons (Fsp3) is 0.600. The van der Waals surface area contributed by atoms with Gasteiger partial charge in [-0.1, -0.05) is 0 Å². The predicted molar refractivity (Wildman–Crippen MR) is 46.0 cm³/mol. The molecule has 2 aliphatic carbocycles. The molecule has 0 unspecified atom stereocenters. The molecule has 0 N–H and O–H groups in total. The van der Waals surface area contributed by atoms with E-state index in [1.54, 1.807) is 6.33 Å². The SMILES string of the molecule is c1nc(C2CC2)cc(C2CC2)n1. The molecule has 1 heterocycles. The van der Waals surface area contributed by atoms with E-state index in [1.165, 1.54) is 37.1 Å². The number of rotatable bonds is 2. The van der Waals surface area contributed by atoms with Crippen molar-refractivity contribution in [1.82, 2.24) is 9.97 Å². The van der Waals surface area contributed by atoms with Gasteiger partial charge in [-0.3, -0.25) is 0 Å². The molecule has 0 amide bonds. The second kappa shape index (κ2) is 2.28. The van der Waals surface area contributed by atoms with Crippen LogP contribution in [0.15, 0.2) is 12.4 Å². The Bertz CT molecular complexity index is 273. The van der Waals surface area contributed by atoms with Crippen LogP contribution in [-0.4, -0.2) is 9.97 Å². The van der Waals surface area contributed by atoms with Gasteiger partial charge in [-0.25, -0.2) is 9.97 Å². The summed E-state index contributed by atoms with van der Waals surface area (Å²) in [6.07, 6.45) is 7.08. The third-order valence-electron chi connectivity index (χ3n) is 2.70. The zero-order chi connectivity index (χ0) is 7.97. The molecule has 2 saturated carbocycles. The second-order valence-electron chi connectivity index (χ2n) is 3.92. The maximum absolute atomic E-state index is 4.30. The molecule has 0 bridgehead atoms. The summed E-state index contributed by atoms with van der Waals surface area (Å²) >= 11 is 0. The standard InChI is InChI=1S/C10H12N2/c1-2-7(1)9-5-10(8-3-4-8)12-6-11-9/h5-8H,1-4H2. The highest BCUT2D eigenvalue weighted by atomic mass is 14.9. The van der Waals surface area contributed by atoms with Crippen molar-refractivity contribution >= 4 is 0 Å². The first kappa shape index (κ1) is 6.58. The zero-order valence-corrected chi connectivity index (χ0v) is 7.03. The van der Waals surface area contributed by atoms with Crippen molar-refractivity contribution in [2.24, 2.45) is 0 Å². The molecule has 0 atom stereocenters. The highest BCUT2D eigenvalue weighted by molar-refractivity contribution is 5.21. The van der Waals surface area contributed by atoms with Gasteiger partial charge in [-0.2, -0.15) is 0 Å². The average molecular weight is 160 g/mol. The van der Waals surface area contributed by atoms with Crippen molar-refractivity contribution < 1.29 is 0 Å². The summed E-state index contributed by atoms with van der Waals surface area (Å²) in [7, 11) is 0. The fourth-order valence-electron chi connectivity index (χ4n) is 1.59. The summed E-state index contributed by atoms with van der Waals surface area (Å²) in [5, 5.41) is 0. The Morgan fingerprint density at radius 2 is 1.42 bits per heavy atom. The third-order valence-corrected chi connectivity index (χ3v) is 2.70. The lowest BCUT2D eigenvalue weighted by atomic mass is 10.2. The average Bonchev–Trinajstić information content (AvgIpc) is 2.98. The van der Waals surface area contributed by atoms with E-state index in [-0.39, 0.29) is 0 Å². The largest absolute Gasteiger partial charge is 0.241 e. The van der Waals surface area contributed by atoms with E-state index < -0.39 is 0 Å². The number of nitrogens with zero attached hydrogens (tertiary/aromatic N) is 2. The summed E-state index contributed by atoms with van der Waals surface area (Å²) in [6.45, 7) is 0. The summed E-state index contributed by atoms with van der Waals surface area (Å²) in [4.78, 5) is 8.60. The Morgan fingerprint density at radius 1 is 0.917 bits per heavy atom. The molecule has 12 heavy (non-hydrogen) atoms. The van der Waals surface area contributed by atoms with Gasteiger partial charge in [0, 0.05) is 23.2 Å². The normalized spacial score (nSPS) is 22.7. The molecule has 1 aromatic heterocycles. The minimum absolute atomic E-state index is 0.769. The van der Waals surface area contributed by atoms with Gasteiger partial charge in [0.1, 0.15) is 6.33 Å². The van der Waals surface area contributed by atoms with Gasteiger partial charge >= 0.3 is 0 Å². The Morgan fingerprint density at radius 3 is 1.83 bits per heavy atom. The van der Waals surface area contributed by atoms with E-state index in [0.717, 1.165) is 11.8 Å². The quantitative estimate of drug-likeness (QED) is 0.663. The first-order valence-corrected chi connectivity index (χ1v) is 4.75. The molecule has 0 aromatic carbocycles. The first-order valence-electron chi connectivity index (χ1n) is 4.75. The topological polar surface area (TPSA) is 25.8 Å². The second-order valence-corrected chi connectivity index (χ2v) is 3.92. The smallest absolute Gasteiger partial charge is 0.115 e. The highest BCUT2D eigenvalue weighted by Crippen LogP contribution is 2.42. The fourth-order valence-corrected chi connectivity index (χ4v) is 1.59. The number of hydrogen-bond acceptors (Lipinski definition) is 2. The lowest BCUT2D eigenvalue weighted by Gasteiger charge is -1.99. The van der Waals surface area contributed by atoms with Crippen LogP contribution >= 0.6 is 0 Å². The van der Waals surface area contributed by atoms with Crippen LogP contribution in [0.3, 0.4) is 0 Å². The van der Waals surface area contributed by atoms with E-state index in [4.69, 9.17) is 0 Å². The summed E-state index contributed by atoms with van der Waals surface area (Å²) in [6, 6.07) is 2.22. The molecule has 2 aliphatic rings. The van der Waals surface area contributed by atoms with Crippen LogP contribution in [0.25, 0.3) is 0 Å². The van der Waals surface area contributed by atoms with E-state index in [1.807, 2.05) is 0 Å². The Labute approximate surface area is 72.0 Å².